The summed E-state index contributed by atoms with van der Waals surface area (Å²) in [4.78, 5) is 13.9. The Labute approximate surface area is 113 Å². The van der Waals surface area contributed by atoms with Crippen molar-refractivity contribution in [1.29, 1.82) is 0 Å². The Bertz CT molecular complexity index is 392. The molecular weight excluding hydrogens is 259 g/mol. The largest absolute Gasteiger partial charge is 0.337 e. The Kier molecular flexibility index (Phi) is 5.25. The summed E-state index contributed by atoms with van der Waals surface area (Å²) in [5, 5.41) is 3.77. The molecule has 0 spiro atoms. The molecule has 0 aromatic heterocycles. The fourth-order valence-electron chi connectivity index (χ4n) is 1.96. The summed E-state index contributed by atoms with van der Waals surface area (Å²) >= 11 is 6.01. The van der Waals surface area contributed by atoms with Gasteiger partial charge in [0.05, 0.1) is 10.6 Å². The molecule has 94 valence electrons. The van der Waals surface area contributed by atoms with E-state index in [9.17, 15) is 4.79 Å². The Morgan fingerprint density at radius 3 is 2.76 bits per heavy atom. The van der Waals surface area contributed by atoms with Gasteiger partial charge in [0.15, 0.2) is 0 Å². The van der Waals surface area contributed by atoms with Crippen molar-refractivity contribution >= 4 is 29.9 Å². The van der Waals surface area contributed by atoms with Gasteiger partial charge in [-0.15, -0.1) is 12.4 Å². The lowest BCUT2D eigenvalue weighted by atomic mass is 10.1. The van der Waals surface area contributed by atoms with Crippen molar-refractivity contribution in [2.45, 2.75) is 12.5 Å². The first-order chi connectivity index (χ1) is 7.70. The third-order valence-electron chi connectivity index (χ3n) is 3.01. The standard InChI is InChI=1S/C12H15ClN2O.ClH/c1-15(9-6-7-14-8-9)12(16)10-4-2-3-5-11(10)13;/h2-5,9,14H,6-8H2,1H3;1H. The van der Waals surface area contributed by atoms with Crippen LogP contribution in [0.1, 0.15) is 16.8 Å². The predicted molar refractivity (Wildman–Crippen MR) is 72.1 cm³/mol. The maximum absolute atomic E-state index is 12.2. The van der Waals surface area contributed by atoms with Crippen molar-refractivity contribution in [2.75, 3.05) is 20.1 Å². The summed E-state index contributed by atoms with van der Waals surface area (Å²) in [6.45, 7) is 1.84. The third kappa shape index (κ3) is 3.12. The van der Waals surface area contributed by atoms with Crippen LogP contribution in [-0.2, 0) is 0 Å². The smallest absolute Gasteiger partial charge is 0.255 e. The highest BCUT2D eigenvalue weighted by Gasteiger charge is 2.24. The zero-order valence-electron chi connectivity index (χ0n) is 9.65. The number of benzene rings is 1. The van der Waals surface area contributed by atoms with Crippen LogP contribution in [0.4, 0.5) is 0 Å². The van der Waals surface area contributed by atoms with E-state index in [-0.39, 0.29) is 24.4 Å². The zero-order chi connectivity index (χ0) is 11.5. The highest BCUT2D eigenvalue weighted by atomic mass is 35.5. The van der Waals surface area contributed by atoms with Gasteiger partial charge in [0.25, 0.3) is 5.91 Å². The normalized spacial score (nSPS) is 18.6. The van der Waals surface area contributed by atoms with Gasteiger partial charge in [-0.1, -0.05) is 23.7 Å². The summed E-state index contributed by atoms with van der Waals surface area (Å²) < 4.78 is 0. The highest BCUT2D eigenvalue weighted by Crippen LogP contribution is 2.18. The van der Waals surface area contributed by atoms with E-state index in [1.807, 2.05) is 19.2 Å². The molecule has 1 atom stereocenters. The molecule has 1 amide bonds. The number of hydrogen-bond acceptors (Lipinski definition) is 2. The Balaban J connectivity index is 0.00000144. The van der Waals surface area contributed by atoms with E-state index in [0.717, 1.165) is 19.5 Å². The van der Waals surface area contributed by atoms with Crippen LogP contribution in [0.3, 0.4) is 0 Å². The van der Waals surface area contributed by atoms with E-state index in [0.29, 0.717) is 10.6 Å². The second-order valence-corrected chi connectivity index (χ2v) is 4.45. The molecule has 1 aliphatic heterocycles. The summed E-state index contributed by atoms with van der Waals surface area (Å²) in [6, 6.07) is 7.46. The zero-order valence-corrected chi connectivity index (χ0v) is 11.2. The molecule has 0 radical (unpaired) electrons. The molecule has 3 nitrogen and oxygen atoms in total. The van der Waals surface area contributed by atoms with Crippen molar-refractivity contribution in [3.63, 3.8) is 0 Å². The molecule has 1 aliphatic rings. The second kappa shape index (κ2) is 6.24. The minimum atomic E-state index is -0.000648. The fourth-order valence-corrected chi connectivity index (χ4v) is 2.18. The number of carbonyl (C=O) groups excluding carboxylic acids is 1. The number of likely N-dealkylation sites (N-methyl/N-ethyl adjacent to an activating group) is 1. The molecule has 0 saturated carbocycles. The molecule has 1 unspecified atom stereocenters. The van der Waals surface area contributed by atoms with E-state index in [1.165, 1.54) is 0 Å². The number of carbonyl (C=O) groups is 1. The van der Waals surface area contributed by atoms with E-state index in [4.69, 9.17) is 11.6 Å². The van der Waals surface area contributed by atoms with E-state index in [1.54, 1.807) is 17.0 Å². The number of nitrogens with one attached hydrogen (secondary N) is 1. The van der Waals surface area contributed by atoms with Gasteiger partial charge in [-0.25, -0.2) is 0 Å². The molecule has 1 aromatic rings. The highest BCUT2D eigenvalue weighted by molar-refractivity contribution is 6.33. The van der Waals surface area contributed by atoms with Crippen molar-refractivity contribution in [3.8, 4) is 0 Å². The van der Waals surface area contributed by atoms with Gasteiger partial charge < -0.3 is 10.2 Å². The average Bonchev–Trinajstić information content (AvgIpc) is 2.81. The van der Waals surface area contributed by atoms with Crippen LogP contribution in [0.15, 0.2) is 24.3 Å². The second-order valence-electron chi connectivity index (χ2n) is 4.04. The molecule has 17 heavy (non-hydrogen) atoms. The maximum atomic E-state index is 12.2. The topological polar surface area (TPSA) is 32.3 Å². The van der Waals surface area contributed by atoms with Crippen LogP contribution in [0.5, 0.6) is 0 Å². The van der Waals surface area contributed by atoms with Crippen molar-refractivity contribution in [1.82, 2.24) is 10.2 Å². The Hall–Kier alpha value is -0.770. The van der Waals surface area contributed by atoms with E-state index >= 15 is 0 Å². The van der Waals surface area contributed by atoms with Crippen molar-refractivity contribution < 1.29 is 4.79 Å². The molecule has 1 saturated heterocycles. The number of amides is 1. The first-order valence-corrected chi connectivity index (χ1v) is 5.80. The first kappa shape index (κ1) is 14.3. The lowest BCUT2D eigenvalue weighted by Gasteiger charge is -2.24. The SMILES string of the molecule is CN(C(=O)c1ccccc1Cl)C1CCNC1.Cl. The van der Waals surface area contributed by atoms with Crippen LogP contribution < -0.4 is 5.32 Å². The number of halogens is 2. The number of nitrogens with zero attached hydrogens (tertiary/aromatic N) is 1. The van der Waals surface area contributed by atoms with Crippen molar-refractivity contribution in [3.05, 3.63) is 34.9 Å². The minimum absolute atomic E-state index is 0. The Morgan fingerprint density at radius 2 is 2.18 bits per heavy atom. The fraction of sp³-hybridized carbons (Fsp3) is 0.417. The first-order valence-electron chi connectivity index (χ1n) is 5.42. The monoisotopic (exact) mass is 274 g/mol. The molecule has 1 fully saturated rings. The lowest BCUT2D eigenvalue weighted by Crippen LogP contribution is -2.38. The predicted octanol–water partition coefficient (Wildman–Crippen LogP) is 2.20. The van der Waals surface area contributed by atoms with Gasteiger partial charge >= 0.3 is 0 Å². The van der Waals surface area contributed by atoms with Gasteiger partial charge in [0, 0.05) is 19.6 Å². The molecule has 1 aromatic carbocycles. The van der Waals surface area contributed by atoms with Crippen LogP contribution in [-0.4, -0.2) is 37.0 Å². The molecule has 2 rings (SSSR count). The van der Waals surface area contributed by atoms with Crippen LogP contribution in [0.25, 0.3) is 0 Å². The molecule has 0 aliphatic carbocycles. The Morgan fingerprint density at radius 1 is 1.47 bits per heavy atom. The summed E-state index contributed by atoms with van der Waals surface area (Å²) in [6.07, 6.45) is 1.01. The molecule has 1 heterocycles. The average molecular weight is 275 g/mol. The maximum Gasteiger partial charge on any atom is 0.255 e. The number of hydrogen-bond donors (Lipinski definition) is 1. The summed E-state index contributed by atoms with van der Waals surface area (Å²) in [7, 11) is 1.84. The minimum Gasteiger partial charge on any atom is -0.337 e. The van der Waals surface area contributed by atoms with Gasteiger partial charge in [-0.2, -0.15) is 0 Å². The third-order valence-corrected chi connectivity index (χ3v) is 3.34. The van der Waals surface area contributed by atoms with Crippen LogP contribution >= 0.6 is 24.0 Å². The van der Waals surface area contributed by atoms with Crippen molar-refractivity contribution in [2.24, 2.45) is 0 Å². The molecule has 1 N–H and O–H groups in total. The van der Waals surface area contributed by atoms with Gasteiger partial charge in [0.2, 0.25) is 0 Å². The van der Waals surface area contributed by atoms with Crippen LogP contribution in [0.2, 0.25) is 5.02 Å². The van der Waals surface area contributed by atoms with Gasteiger partial charge in [-0.05, 0) is 25.1 Å². The van der Waals surface area contributed by atoms with E-state index < -0.39 is 0 Å². The molecule has 5 heteroatoms. The van der Waals surface area contributed by atoms with Gasteiger partial charge in [-0.3, -0.25) is 4.79 Å². The van der Waals surface area contributed by atoms with Crippen LogP contribution in [0, 0.1) is 0 Å². The molecular formula is C12H16Cl2N2O. The summed E-state index contributed by atoms with van der Waals surface area (Å²) in [5.74, 6) is -0.000648. The van der Waals surface area contributed by atoms with E-state index in [2.05, 4.69) is 5.32 Å². The summed E-state index contributed by atoms with van der Waals surface area (Å²) in [5.41, 5.74) is 0.582. The molecule has 0 bridgehead atoms. The van der Waals surface area contributed by atoms with Gasteiger partial charge in [0.1, 0.15) is 0 Å². The lowest BCUT2D eigenvalue weighted by molar-refractivity contribution is 0.0744. The number of rotatable bonds is 2. The quantitative estimate of drug-likeness (QED) is 0.897.